The molecule has 2 aromatic carbocycles. The summed E-state index contributed by atoms with van der Waals surface area (Å²) < 4.78 is 27.3. The molecule has 0 heterocycles. The van der Waals surface area contributed by atoms with E-state index in [-0.39, 0.29) is 28.8 Å². The van der Waals surface area contributed by atoms with Crippen molar-refractivity contribution >= 4 is 17.5 Å². The van der Waals surface area contributed by atoms with Gasteiger partial charge in [0.15, 0.2) is 0 Å². The normalized spacial score (nSPS) is 11.9. The Bertz CT molecular complexity index is 930. The predicted octanol–water partition coefficient (Wildman–Crippen LogP) is 4.97. The fourth-order valence-electron chi connectivity index (χ4n) is 3.24. The molecule has 7 heteroatoms. The molecule has 0 aliphatic rings. The molecule has 174 valence electrons. The molecule has 3 N–H and O–H groups in total. The van der Waals surface area contributed by atoms with E-state index >= 15 is 0 Å². The van der Waals surface area contributed by atoms with E-state index < -0.39 is 17.5 Å². The summed E-state index contributed by atoms with van der Waals surface area (Å²) in [6, 6.07) is 9.97. The number of benzene rings is 2. The molecule has 0 radical (unpaired) electrons. The van der Waals surface area contributed by atoms with E-state index in [1.165, 1.54) is 4.90 Å². The minimum Gasteiger partial charge on any atom is -0.334 e. The number of carbonyl (C=O) groups excluding carboxylic acids is 2. The number of amides is 2. The standard InChI is InChI=1S/C25H33F2N3O2/c1-24(2,3)13-22(31)29-21-8-6-17(7-9-21)14-30(16-25(4,5)15-28)23(32)18-10-19(26)12-20(27)11-18/h6-12H,13-16,28H2,1-5H3,(H,29,31). The highest BCUT2D eigenvalue weighted by atomic mass is 19.1. The number of hydrogen-bond donors (Lipinski definition) is 2. The van der Waals surface area contributed by atoms with Crippen molar-refractivity contribution in [2.45, 2.75) is 47.6 Å². The molecule has 0 atom stereocenters. The lowest BCUT2D eigenvalue weighted by Gasteiger charge is -2.32. The van der Waals surface area contributed by atoms with E-state index in [1.54, 1.807) is 12.1 Å². The Hall–Kier alpha value is -2.80. The molecule has 0 bridgehead atoms. The summed E-state index contributed by atoms with van der Waals surface area (Å²) in [6.07, 6.45) is 0.398. The van der Waals surface area contributed by atoms with E-state index in [0.717, 1.165) is 23.8 Å². The second kappa shape index (κ2) is 10.2. The fourth-order valence-corrected chi connectivity index (χ4v) is 3.24. The van der Waals surface area contributed by atoms with Crippen LogP contribution in [0.3, 0.4) is 0 Å². The van der Waals surface area contributed by atoms with Gasteiger partial charge in [-0.1, -0.05) is 46.8 Å². The first-order valence-electron chi connectivity index (χ1n) is 10.6. The van der Waals surface area contributed by atoms with Crippen LogP contribution in [0.15, 0.2) is 42.5 Å². The highest BCUT2D eigenvalue weighted by Gasteiger charge is 2.25. The molecule has 0 spiro atoms. The number of hydrogen-bond acceptors (Lipinski definition) is 3. The number of nitrogens with two attached hydrogens (primary N) is 1. The van der Waals surface area contributed by atoms with Gasteiger partial charge in [0, 0.05) is 36.8 Å². The Labute approximate surface area is 189 Å². The van der Waals surface area contributed by atoms with Crippen molar-refractivity contribution < 1.29 is 18.4 Å². The summed E-state index contributed by atoms with van der Waals surface area (Å²) in [4.78, 5) is 26.8. The number of rotatable bonds is 8. The molecule has 0 fully saturated rings. The Morgan fingerprint density at radius 1 is 0.969 bits per heavy atom. The third kappa shape index (κ3) is 8.04. The van der Waals surface area contributed by atoms with Crippen LogP contribution < -0.4 is 11.1 Å². The first-order chi connectivity index (χ1) is 14.8. The maximum atomic E-state index is 13.7. The lowest BCUT2D eigenvalue weighted by atomic mass is 9.92. The van der Waals surface area contributed by atoms with Gasteiger partial charge in [-0.25, -0.2) is 8.78 Å². The van der Waals surface area contributed by atoms with Crippen LogP contribution in [0.5, 0.6) is 0 Å². The van der Waals surface area contributed by atoms with Crippen molar-refractivity contribution in [2.75, 3.05) is 18.4 Å². The largest absolute Gasteiger partial charge is 0.334 e. The van der Waals surface area contributed by atoms with Crippen LogP contribution in [0.25, 0.3) is 0 Å². The molecule has 0 unspecified atom stereocenters. The fraction of sp³-hybridized carbons (Fsp3) is 0.440. The summed E-state index contributed by atoms with van der Waals surface area (Å²) in [5, 5.41) is 2.87. The number of nitrogens with zero attached hydrogens (tertiary/aromatic N) is 1. The van der Waals surface area contributed by atoms with Crippen molar-refractivity contribution in [3.05, 3.63) is 65.2 Å². The lowest BCUT2D eigenvalue weighted by Crippen LogP contribution is -2.41. The zero-order valence-electron chi connectivity index (χ0n) is 19.5. The van der Waals surface area contributed by atoms with Gasteiger partial charge in [0.1, 0.15) is 11.6 Å². The van der Waals surface area contributed by atoms with E-state index in [1.807, 2.05) is 46.8 Å². The molecule has 0 aliphatic heterocycles. The Balaban J connectivity index is 2.20. The quantitative estimate of drug-likeness (QED) is 0.603. The second-order valence-corrected chi connectivity index (χ2v) is 10.2. The summed E-state index contributed by atoms with van der Waals surface area (Å²) in [5.74, 6) is -2.16. The smallest absolute Gasteiger partial charge is 0.254 e. The van der Waals surface area contributed by atoms with Crippen LogP contribution in [0.2, 0.25) is 0 Å². The van der Waals surface area contributed by atoms with Crippen LogP contribution >= 0.6 is 0 Å². The van der Waals surface area contributed by atoms with E-state index in [9.17, 15) is 18.4 Å². The Kier molecular flexibility index (Phi) is 8.13. The van der Waals surface area contributed by atoms with Crippen molar-refractivity contribution in [3.63, 3.8) is 0 Å². The van der Waals surface area contributed by atoms with Gasteiger partial charge >= 0.3 is 0 Å². The zero-order chi connectivity index (χ0) is 24.1. The summed E-state index contributed by atoms with van der Waals surface area (Å²) in [7, 11) is 0. The third-order valence-corrected chi connectivity index (χ3v) is 4.87. The molecule has 2 rings (SSSR count). The van der Waals surface area contributed by atoms with Crippen molar-refractivity contribution in [1.82, 2.24) is 4.90 Å². The Morgan fingerprint density at radius 2 is 1.53 bits per heavy atom. The molecule has 0 saturated carbocycles. The monoisotopic (exact) mass is 445 g/mol. The molecular formula is C25H33F2N3O2. The lowest BCUT2D eigenvalue weighted by molar-refractivity contribution is -0.117. The molecular weight excluding hydrogens is 412 g/mol. The maximum Gasteiger partial charge on any atom is 0.254 e. The minimum absolute atomic E-state index is 0.0543. The number of halogens is 2. The van der Waals surface area contributed by atoms with Crippen molar-refractivity contribution in [3.8, 4) is 0 Å². The van der Waals surface area contributed by atoms with Crippen molar-refractivity contribution in [1.29, 1.82) is 0 Å². The van der Waals surface area contributed by atoms with Gasteiger partial charge in [0.25, 0.3) is 5.91 Å². The van der Waals surface area contributed by atoms with Gasteiger partial charge in [0.05, 0.1) is 0 Å². The summed E-state index contributed by atoms with van der Waals surface area (Å²) in [6.45, 7) is 10.7. The van der Waals surface area contributed by atoms with Crippen LogP contribution in [-0.4, -0.2) is 29.8 Å². The third-order valence-electron chi connectivity index (χ3n) is 4.87. The summed E-state index contributed by atoms with van der Waals surface area (Å²) >= 11 is 0. The zero-order valence-corrected chi connectivity index (χ0v) is 19.5. The highest BCUT2D eigenvalue weighted by Crippen LogP contribution is 2.22. The molecule has 2 aromatic rings. The van der Waals surface area contributed by atoms with Gasteiger partial charge in [-0.15, -0.1) is 0 Å². The maximum absolute atomic E-state index is 13.7. The van der Waals surface area contributed by atoms with Gasteiger partial charge in [0.2, 0.25) is 5.91 Å². The van der Waals surface area contributed by atoms with Crippen LogP contribution in [0.1, 0.15) is 57.0 Å². The molecule has 32 heavy (non-hydrogen) atoms. The molecule has 2 amide bonds. The van der Waals surface area contributed by atoms with E-state index in [0.29, 0.717) is 25.2 Å². The summed E-state index contributed by atoms with van der Waals surface area (Å²) in [5.41, 5.74) is 6.77. The average Bonchev–Trinajstić information content (AvgIpc) is 2.66. The first kappa shape index (κ1) is 25.5. The van der Waals surface area contributed by atoms with Crippen molar-refractivity contribution in [2.24, 2.45) is 16.6 Å². The number of anilines is 1. The predicted molar refractivity (Wildman–Crippen MR) is 123 cm³/mol. The van der Waals surface area contributed by atoms with E-state index in [4.69, 9.17) is 5.73 Å². The molecule has 0 aliphatic carbocycles. The van der Waals surface area contributed by atoms with Gasteiger partial charge < -0.3 is 16.0 Å². The van der Waals surface area contributed by atoms with Crippen LogP contribution in [-0.2, 0) is 11.3 Å². The number of carbonyl (C=O) groups is 2. The minimum atomic E-state index is -0.804. The molecule has 0 saturated heterocycles. The first-order valence-corrected chi connectivity index (χ1v) is 10.6. The number of nitrogens with one attached hydrogen (secondary N) is 1. The van der Waals surface area contributed by atoms with Crippen LogP contribution in [0.4, 0.5) is 14.5 Å². The molecule has 5 nitrogen and oxygen atoms in total. The SMILES string of the molecule is CC(C)(C)CC(=O)Nc1ccc(CN(CC(C)(C)CN)C(=O)c2cc(F)cc(F)c2)cc1. The topological polar surface area (TPSA) is 75.4 Å². The highest BCUT2D eigenvalue weighted by molar-refractivity contribution is 5.94. The van der Waals surface area contributed by atoms with Crippen LogP contribution in [0, 0.1) is 22.5 Å². The van der Waals surface area contributed by atoms with Gasteiger partial charge in [-0.2, -0.15) is 0 Å². The molecule has 0 aromatic heterocycles. The van der Waals surface area contributed by atoms with Gasteiger partial charge in [-0.3, -0.25) is 9.59 Å². The van der Waals surface area contributed by atoms with E-state index in [2.05, 4.69) is 5.32 Å². The second-order valence-electron chi connectivity index (χ2n) is 10.2. The Morgan fingerprint density at radius 3 is 2.03 bits per heavy atom. The van der Waals surface area contributed by atoms with Gasteiger partial charge in [-0.05, 0) is 47.2 Å². The average molecular weight is 446 g/mol.